The zero-order valence-electron chi connectivity index (χ0n) is 8.84. The summed E-state index contributed by atoms with van der Waals surface area (Å²) in [6.45, 7) is 0.0286. The molecule has 0 aliphatic carbocycles. The third-order valence-corrected chi connectivity index (χ3v) is 2.40. The minimum Gasteiger partial charge on any atom is -0.481 e. The highest BCUT2D eigenvalue weighted by Crippen LogP contribution is 2.20. The summed E-state index contributed by atoms with van der Waals surface area (Å²) in [7, 11) is 0. The molecule has 88 valence electrons. The van der Waals surface area contributed by atoms with Crippen molar-refractivity contribution in [3.8, 4) is 0 Å². The summed E-state index contributed by atoms with van der Waals surface area (Å²) in [5.74, 6) is -1.89. The highest BCUT2D eigenvalue weighted by Gasteiger charge is 2.34. The van der Waals surface area contributed by atoms with Crippen LogP contribution in [0, 0.1) is 0 Å². The van der Waals surface area contributed by atoms with Crippen LogP contribution in [0.1, 0.15) is 27.1 Å². The molecule has 0 bridgehead atoms. The van der Waals surface area contributed by atoms with E-state index in [0.29, 0.717) is 11.1 Å². The van der Waals surface area contributed by atoms with Crippen LogP contribution in [0.5, 0.6) is 0 Å². The lowest BCUT2D eigenvalue weighted by atomic mass is 10.1. The molecule has 0 saturated heterocycles. The second-order valence-corrected chi connectivity index (χ2v) is 3.54. The lowest BCUT2D eigenvalue weighted by molar-refractivity contribution is -0.137. The largest absolute Gasteiger partial charge is 0.481 e. The summed E-state index contributed by atoms with van der Waals surface area (Å²) in [4.78, 5) is 33.9. The molecule has 2 N–H and O–H groups in total. The first-order valence-electron chi connectivity index (χ1n) is 5.04. The van der Waals surface area contributed by atoms with Crippen molar-refractivity contribution in [2.45, 2.75) is 6.42 Å². The van der Waals surface area contributed by atoms with Crippen molar-refractivity contribution in [3.05, 3.63) is 35.4 Å². The van der Waals surface area contributed by atoms with Gasteiger partial charge in [0.1, 0.15) is 0 Å². The molecule has 1 aromatic carbocycles. The molecule has 6 nitrogen and oxygen atoms in total. The number of carbonyl (C=O) groups is 3. The Kier molecular flexibility index (Phi) is 2.88. The third kappa shape index (κ3) is 2.02. The summed E-state index contributed by atoms with van der Waals surface area (Å²) >= 11 is 0. The van der Waals surface area contributed by atoms with E-state index in [2.05, 4.69) is 5.43 Å². The number of hydrogen-bond donors (Lipinski definition) is 2. The van der Waals surface area contributed by atoms with Gasteiger partial charge in [0, 0.05) is 6.54 Å². The molecule has 0 unspecified atom stereocenters. The van der Waals surface area contributed by atoms with Crippen molar-refractivity contribution in [2.75, 3.05) is 6.54 Å². The molecule has 0 radical (unpaired) electrons. The number of fused-ring (bicyclic) bond motifs is 1. The van der Waals surface area contributed by atoms with Crippen molar-refractivity contribution >= 4 is 17.8 Å². The van der Waals surface area contributed by atoms with Crippen LogP contribution < -0.4 is 5.43 Å². The average Bonchev–Trinajstić information content (AvgIpc) is 2.54. The number of nitrogens with zero attached hydrogens (tertiary/aromatic N) is 1. The summed E-state index contributed by atoms with van der Waals surface area (Å²) in [6, 6.07) is 6.47. The van der Waals surface area contributed by atoms with Gasteiger partial charge < -0.3 is 5.11 Å². The van der Waals surface area contributed by atoms with Crippen molar-refractivity contribution in [1.82, 2.24) is 10.4 Å². The Balaban J connectivity index is 2.11. The van der Waals surface area contributed by atoms with Gasteiger partial charge in [-0.3, -0.25) is 14.4 Å². The van der Waals surface area contributed by atoms with Gasteiger partial charge in [-0.1, -0.05) is 12.1 Å². The second-order valence-electron chi connectivity index (χ2n) is 3.54. The fourth-order valence-electron chi connectivity index (χ4n) is 1.61. The molecule has 0 aromatic heterocycles. The molecule has 1 heterocycles. The van der Waals surface area contributed by atoms with Gasteiger partial charge in [0.25, 0.3) is 11.8 Å². The van der Waals surface area contributed by atoms with E-state index in [1.165, 1.54) is 0 Å². The summed E-state index contributed by atoms with van der Waals surface area (Å²) < 4.78 is 0. The number of carboxylic acid groups (broad SMARTS) is 1. The van der Waals surface area contributed by atoms with Crippen molar-refractivity contribution < 1.29 is 19.5 Å². The molecule has 0 saturated carbocycles. The predicted molar refractivity (Wildman–Crippen MR) is 57.2 cm³/mol. The Morgan fingerprint density at radius 2 is 1.71 bits per heavy atom. The number of aliphatic carboxylic acids is 1. The van der Waals surface area contributed by atoms with E-state index in [1.54, 1.807) is 24.3 Å². The summed E-state index contributed by atoms with van der Waals surface area (Å²) in [5.41, 5.74) is 3.18. The van der Waals surface area contributed by atoms with Gasteiger partial charge >= 0.3 is 5.97 Å². The molecule has 2 rings (SSSR count). The number of benzene rings is 1. The highest BCUT2D eigenvalue weighted by molar-refractivity contribution is 6.20. The fourth-order valence-corrected chi connectivity index (χ4v) is 1.61. The first-order chi connectivity index (χ1) is 8.11. The molecule has 0 atom stereocenters. The molecular weight excluding hydrogens is 224 g/mol. The molecule has 6 heteroatoms. The molecule has 0 fully saturated rings. The molecule has 17 heavy (non-hydrogen) atoms. The Labute approximate surface area is 96.8 Å². The number of nitrogens with one attached hydrogen (secondary N) is 1. The highest BCUT2D eigenvalue weighted by atomic mass is 16.4. The van der Waals surface area contributed by atoms with Gasteiger partial charge in [-0.2, -0.15) is 0 Å². The number of amides is 2. The lowest BCUT2D eigenvalue weighted by Gasteiger charge is -2.13. The maximum atomic E-state index is 11.8. The maximum absolute atomic E-state index is 11.8. The van der Waals surface area contributed by atoms with Crippen LogP contribution in [-0.4, -0.2) is 34.4 Å². The van der Waals surface area contributed by atoms with Gasteiger partial charge in [0.2, 0.25) is 0 Å². The number of carboxylic acids is 1. The lowest BCUT2D eigenvalue weighted by Crippen LogP contribution is -2.43. The Morgan fingerprint density at radius 3 is 2.18 bits per heavy atom. The van der Waals surface area contributed by atoms with Gasteiger partial charge in [0.05, 0.1) is 17.5 Å². The number of rotatable bonds is 4. The van der Waals surface area contributed by atoms with Gasteiger partial charge in [-0.05, 0) is 12.1 Å². The monoisotopic (exact) mass is 234 g/mol. The second kappa shape index (κ2) is 4.34. The molecule has 1 aliphatic heterocycles. The topological polar surface area (TPSA) is 86.7 Å². The van der Waals surface area contributed by atoms with E-state index < -0.39 is 17.8 Å². The first kappa shape index (κ1) is 11.3. The summed E-state index contributed by atoms with van der Waals surface area (Å²) in [5, 5.41) is 9.32. The van der Waals surface area contributed by atoms with Crippen LogP contribution in [0.25, 0.3) is 0 Å². The molecule has 2 amide bonds. The van der Waals surface area contributed by atoms with Gasteiger partial charge in [-0.25, -0.2) is 10.4 Å². The van der Waals surface area contributed by atoms with E-state index in [1.807, 2.05) is 0 Å². The third-order valence-electron chi connectivity index (χ3n) is 2.40. The number of imide groups is 1. The van der Waals surface area contributed by atoms with Crippen molar-refractivity contribution in [1.29, 1.82) is 0 Å². The first-order valence-corrected chi connectivity index (χ1v) is 5.04. The van der Waals surface area contributed by atoms with E-state index in [-0.39, 0.29) is 13.0 Å². The van der Waals surface area contributed by atoms with Gasteiger partial charge in [-0.15, -0.1) is 0 Å². The van der Waals surface area contributed by atoms with Crippen LogP contribution in [0.4, 0.5) is 0 Å². The van der Waals surface area contributed by atoms with E-state index in [0.717, 1.165) is 5.01 Å². The van der Waals surface area contributed by atoms with Gasteiger partial charge in [0.15, 0.2) is 0 Å². The van der Waals surface area contributed by atoms with E-state index >= 15 is 0 Å². The number of hydrazine groups is 1. The average molecular weight is 234 g/mol. The summed E-state index contributed by atoms with van der Waals surface area (Å²) in [6.07, 6.45) is -0.159. The zero-order valence-corrected chi connectivity index (χ0v) is 8.84. The van der Waals surface area contributed by atoms with Crippen molar-refractivity contribution in [3.63, 3.8) is 0 Å². The molecule has 1 aromatic rings. The minimum atomic E-state index is -0.992. The molecular formula is C11H10N2O4. The number of hydrogen-bond acceptors (Lipinski definition) is 4. The Hall–Kier alpha value is -2.21. The van der Waals surface area contributed by atoms with Crippen LogP contribution >= 0.6 is 0 Å². The predicted octanol–water partition coefficient (Wildman–Crippen LogP) is 0.262. The van der Waals surface area contributed by atoms with Crippen LogP contribution in [-0.2, 0) is 4.79 Å². The molecule has 1 aliphatic rings. The molecule has 0 spiro atoms. The minimum absolute atomic E-state index is 0.0286. The van der Waals surface area contributed by atoms with Crippen LogP contribution in [0.3, 0.4) is 0 Å². The normalized spacial score (nSPS) is 14.0. The SMILES string of the molecule is O=C(O)CCNN1C(=O)c2ccccc2C1=O. The quantitative estimate of drug-likeness (QED) is 0.730. The smallest absolute Gasteiger partial charge is 0.304 e. The maximum Gasteiger partial charge on any atom is 0.304 e. The fraction of sp³-hybridized carbons (Fsp3) is 0.182. The zero-order chi connectivity index (χ0) is 12.4. The van der Waals surface area contributed by atoms with Crippen molar-refractivity contribution in [2.24, 2.45) is 0 Å². The van der Waals surface area contributed by atoms with E-state index in [4.69, 9.17) is 5.11 Å². The Bertz CT molecular complexity index is 463. The van der Waals surface area contributed by atoms with Crippen LogP contribution in [0.15, 0.2) is 24.3 Å². The van der Waals surface area contributed by atoms with Crippen LogP contribution in [0.2, 0.25) is 0 Å². The number of carbonyl (C=O) groups excluding carboxylic acids is 2. The Morgan fingerprint density at radius 1 is 1.18 bits per heavy atom. The standard InChI is InChI=1S/C11H10N2O4/c14-9(15)5-6-12-13-10(16)7-3-1-2-4-8(7)11(13)17/h1-4,12H,5-6H2,(H,14,15). The van der Waals surface area contributed by atoms with E-state index in [9.17, 15) is 14.4 Å².